The first-order valence-corrected chi connectivity index (χ1v) is 9.17. The topological polar surface area (TPSA) is 52.7 Å². The summed E-state index contributed by atoms with van der Waals surface area (Å²) in [6.45, 7) is 3.77. The van der Waals surface area contributed by atoms with Crippen LogP contribution in [0.3, 0.4) is 0 Å². The summed E-state index contributed by atoms with van der Waals surface area (Å²) < 4.78 is 13.2. The summed E-state index contributed by atoms with van der Waals surface area (Å²) in [7, 11) is 0. The van der Waals surface area contributed by atoms with Crippen molar-refractivity contribution in [2.75, 3.05) is 32.7 Å². The molecule has 25 heavy (non-hydrogen) atoms. The molecule has 0 radical (unpaired) electrons. The Kier molecular flexibility index (Phi) is 6.02. The van der Waals surface area contributed by atoms with Crippen molar-refractivity contribution in [3.05, 3.63) is 35.6 Å². The molecule has 0 aliphatic carbocycles. The number of nitrogens with zero attached hydrogens (tertiary/aromatic N) is 2. The third-order valence-corrected chi connectivity index (χ3v) is 5.11. The van der Waals surface area contributed by atoms with Crippen molar-refractivity contribution >= 4 is 11.8 Å². The van der Waals surface area contributed by atoms with Crippen molar-refractivity contribution in [1.82, 2.24) is 15.1 Å². The Morgan fingerprint density at radius 3 is 2.48 bits per heavy atom. The smallest absolute Gasteiger partial charge is 0.222 e. The highest BCUT2D eigenvalue weighted by atomic mass is 19.1. The molecule has 0 unspecified atom stereocenters. The molecule has 1 atom stereocenters. The van der Waals surface area contributed by atoms with Gasteiger partial charge in [0.05, 0.1) is 6.04 Å². The Morgan fingerprint density at radius 2 is 1.84 bits per heavy atom. The van der Waals surface area contributed by atoms with E-state index in [-0.39, 0.29) is 23.7 Å². The number of amides is 2. The first-order chi connectivity index (χ1) is 12.1. The molecule has 2 saturated heterocycles. The summed E-state index contributed by atoms with van der Waals surface area (Å²) in [5.41, 5.74) is 1.03. The van der Waals surface area contributed by atoms with Crippen LogP contribution in [0.2, 0.25) is 0 Å². The molecule has 136 valence electrons. The van der Waals surface area contributed by atoms with Crippen LogP contribution < -0.4 is 5.32 Å². The van der Waals surface area contributed by atoms with Gasteiger partial charge in [0.15, 0.2) is 0 Å². The van der Waals surface area contributed by atoms with E-state index < -0.39 is 0 Å². The van der Waals surface area contributed by atoms with Gasteiger partial charge in [-0.2, -0.15) is 0 Å². The number of hydrogen-bond donors (Lipinski definition) is 1. The quantitative estimate of drug-likeness (QED) is 0.822. The first kappa shape index (κ1) is 17.9. The second-order valence-electron chi connectivity index (χ2n) is 6.85. The van der Waals surface area contributed by atoms with Crippen LogP contribution in [0, 0.1) is 5.82 Å². The predicted molar refractivity (Wildman–Crippen MR) is 93.4 cm³/mol. The molecule has 1 aromatic rings. The number of rotatable bonds is 7. The zero-order valence-corrected chi connectivity index (χ0v) is 14.5. The molecule has 0 saturated carbocycles. The van der Waals surface area contributed by atoms with Gasteiger partial charge >= 0.3 is 0 Å². The Balaban J connectivity index is 1.53. The third kappa shape index (κ3) is 4.78. The average Bonchev–Trinajstić information content (AvgIpc) is 3.27. The van der Waals surface area contributed by atoms with Crippen molar-refractivity contribution in [2.45, 2.75) is 38.1 Å². The summed E-state index contributed by atoms with van der Waals surface area (Å²) >= 11 is 0. The molecule has 0 bridgehead atoms. The lowest BCUT2D eigenvalue weighted by Gasteiger charge is -2.28. The molecule has 2 amide bonds. The van der Waals surface area contributed by atoms with E-state index in [0.717, 1.165) is 44.5 Å². The number of benzene rings is 1. The number of halogens is 1. The van der Waals surface area contributed by atoms with Gasteiger partial charge in [-0.1, -0.05) is 12.1 Å². The lowest BCUT2D eigenvalue weighted by molar-refractivity contribution is -0.128. The SMILES string of the molecule is O=C(CCN1CCCC1=O)NC[C@H](c1ccc(F)cc1)N1CCCC1. The van der Waals surface area contributed by atoms with Crippen molar-refractivity contribution in [1.29, 1.82) is 0 Å². The fourth-order valence-corrected chi connectivity index (χ4v) is 3.67. The Bertz CT molecular complexity index is 599. The zero-order chi connectivity index (χ0) is 17.6. The summed E-state index contributed by atoms with van der Waals surface area (Å²) in [6, 6.07) is 6.61. The summed E-state index contributed by atoms with van der Waals surface area (Å²) in [6.07, 6.45) is 4.14. The Morgan fingerprint density at radius 1 is 1.12 bits per heavy atom. The van der Waals surface area contributed by atoms with Crippen molar-refractivity contribution in [3.63, 3.8) is 0 Å². The van der Waals surface area contributed by atoms with E-state index in [1.54, 1.807) is 17.0 Å². The van der Waals surface area contributed by atoms with E-state index in [1.165, 1.54) is 12.1 Å². The van der Waals surface area contributed by atoms with Gasteiger partial charge in [0.1, 0.15) is 5.82 Å². The molecule has 2 fully saturated rings. The van der Waals surface area contributed by atoms with Gasteiger partial charge in [0.2, 0.25) is 11.8 Å². The minimum atomic E-state index is -0.247. The lowest BCUT2D eigenvalue weighted by atomic mass is 10.1. The number of hydrogen-bond acceptors (Lipinski definition) is 3. The van der Waals surface area contributed by atoms with Crippen LogP contribution in [0.4, 0.5) is 4.39 Å². The summed E-state index contributed by atoms with van der Waals surface area (Å²) in [5, 5.41) is 3.00. The average molecular weight is 347 g/mol. The molecule has 1 aromatic carbocycles. The second-order valence-corrected chi connectivity index (χ2v) is 6.85. The fraction of sp³-hybridized carbons (Fsp3) is 0.579. The number of carbonyl (C=O) groups is 2. The molecule has 6 heteroatoms. The second kappa shape index (κ2) is 8.43. The van der Waals surface area contributed by atoms with Crippen molar-refractivity contribution in [3.8, 4) is 0 Å². The van der Waals surface area contributed by atoms with E-state index in [1.807, 2.05) is 0 Å². The molecular weight excluding hydrogens is 321 g/mol. The number of carbonyl (C=O) groups excluding carboxylic acids is 2. The number of nitrogens with one attached hydrogen (secondary N) is 1. The summed E-state index contributed by atoms with van der Waals surface area (Å²) in [5.74, 6) is -0.136. The summed E-state index contributed by atoms with van der Waals surface area (Å²) in [4.78, 5) is 27.9. The van der Waals surface area contributed by atoms with Gasteiger partial charge in [-0.3, -0.25) is 14.5 Å². The highest BCUT2D eigenvalue weighted by Crippen LogP contribution is 2.24. The van der Waals surface area contributed by atoms with Crippen LogP contribution in [0.25, 0.3) is 0 Å². The van der Waals surface area contributed by atoms with Gasteiger partial charge in [-0.05, 0) is 50.0 Å². The molecule has 2 aliphatic rings. The van der Waals surface area contributed by atoms with E-state index in [2.05, 4.69) is 10.2 Å². The molecule has 5 nitrogen and oxygen atoms in total. The molecule has 1 N–H and O–H groups in total. The molecule has 3 rings (SSSR count). The van der Waals surface area contributed by atoms with Gasteiger partial charge in [0, 0.05) is 32.5 Å². The monoisotopic (exact) mass is 347 g/mol. The molecular formula is C19H26FN3O2. The maximum absolute atomic E-state index is 13.2. The fourth-order valence-electron chi connectivity index (χ4n) is 3.67. The van der Waals surface area contributed by atoms with E-state index in [0.29, 0.717) is 25.9 Å². The van der Waals surface area contributed by atoms with Gasteiger partial charge in [-0.25, -0.2) is 4.39 Å². The maximum atomic E-state index is 13.2. The predicted octanol–water partition coefficient (Wildman–Crippen LogP) is 2.09. The van der Waals surface area contributed by atoms with Crippen LogP contribution in [-0.4, -0.2) is 54.3 Å². The number of likely N-dealkylation sites (tertiary alicyclic amines) is 2. The standard InChI is InChI=1S/C19H26FN3O2/c20-16-7-5-15(6-8-16)17(22-10-1-2-11-22)14-21-18(24)9-13-23-12-3-4-19(23)25/h5-8,17H,1-4,9-14H2,(H,21,24)/t17-/m1/s1. The first-order valence-electron chi connectivity index (χ1n) is 9.17. The Hall–Kier alpha value is -1.95. The largest absolute Gasteiger partial charge is 0.354 e. The Labute approximate surface area is 148 Å². The van der Waals surface area contributed by atoms with Crippen molar-refractivity contribution < 1.29 is 14.0 Å². The molecule has 2 aliphatic heterocycles. The van der Waals surface area contributed by atoms with Gasteiger partial charge in [0.25, 0.3) is 0 Å². The van der Waals surface area contributed by atoms with Gasteiger partial charge < -0.3 is 10.2 Å². The van der Waals surface area contributed by atoms with E-state index in [9.17, 15) is 14.0 Å². The van der Waals surface area contributed by atoms with Crippen molar-refractivity contribution in [2.24, 2.45) is 0 Å². The van der Waals surface area contributed by atoms with Gasteiger partial charge in [-0.15, -0.1) is 0 Å². The van der Waals surface area contributed by atoms with Crippen LogP contribution in [0.5, 0.6) is 0 Å². The zero-order valence-electron chi connectivity index (χ0n) is 14.5. The lowest BCUT2D eigenvalue weighted by Crippen LogP contribution is -2.38. The highest BCUT2D eigenvalue weighted by molar-refractivity contribution is 5.80. The minimum absolute atomic E-state index is 0.0361. The van der Waals surface area contributed by atoms with E-state index in [4.69, 9.17) is 0 Å². The van der Waals surface area contributed by atoms with Crippen LogP contribution >= 0.6 is 0 Å². The van der Waals surface area contributed by atoms with Crippen LogP contribution in [0.1, 0.15) is 43.7 Å². The molecule has 0 aromatic heterocycles. The molecule has 2 heterocycles. The minimum Gasteiger partial charge on any atom is -0.354 e. The van der Waals surface area contributed by atoms with E-state index >= 15 is 0 Å². The van der Waals surface area contributed by atoms with Crippen LogP contribution in [-0.2, 0) is 9.59 Å². The molecule has 0 spiro atoms. The highest BCUT2D eigenvalue weighted by Gasteiger charge is 2.24. The van der Waals surface area contributed by atoms with Crippen LogP contribution in [0.15, 0.2) is 24.3 Å². The third-order valence-electron chi connectivity index (χ3n) is 5.11. The maximum Gasteiger partial charge on any atom is 0.222 e. The normalized spacial score (nSPS) is 19.4.